The quantitative estimate of drug-likeness (QED) is 0.829. The molecule has 25 heavy (non-hydrogen) atoms. The molecule has 5 heteroatoms. The van der Waals surface area contributed by atoms with Crippen LogP contribution in [0.3, 0.4) is 0 Å². The van der Waals surface area contributed by atoms with Crippen molar-refractivity contribution in [3.63, 3.8) is 0 Å². The maximum Gasteiger partial charge on any atom is 0.178 e. The molecule has 0 saturated carbocycles. The summed E-state index contributed by atoms with van der Waals surface area (Å²) in [7, 11) is 0. The second-order valence-corrected chi connectivity index (χ2v) is 7.41. The number of thiophene rings is 1. The van der Waals surface area contributed by atoms with Crippen LogP contribution in [0.4, 0.5) is 0 Å². The van der Waals surface area contributed by atoms with Crippen molar-refractivity contribution in [3.8, 4) is 12.1 Å². The lowest BCUT2D eigenvalue weighted by Gasteiger charge is -2.34. The largest absolute Gasteiger partial charge is 0.357 e. The van der Waals surface area contributed by atoms with Crippen molar-refractivity contribution < 1.29 is 4.79 Å². The van der Waals surface area contributed by atoms with E-state index in [9.17, 15) is 15.3 Å². The molecule has 1 aromatic carbocycles. The summed E-state index contributed by atoms with van der Waals surface area (Å²) in [5.41, 5.74) is 0.605. The van der Waals surface area contributed by atoms with Crippen molar-refractivity contribution >= 4 is 23.2 Å². The molecule has 0 unspecified atom stereocenters. The van der Waals surface area contributed by atoms with Gasteiger partial charge in [-0.15, -0.1) is 11.3 Å². The van der Waals surface area contributed by atoms with Gasteiger partial charge in [-0.05, 0) is 35.6 Å². The summed E-state index contributed by atoms with van der Waals surface area (Å²) in [6.07, 6.45) is 3.83. The van der Waals surface area contributed by atoms with Gasteiger partial charge in [0.05, 0.1) is 30.1 Å². The van der Waals surface area contributed by atoms with Gasteiger partial charge in [0.2, 0.25) is 0 Å². The molecule has 0 radical (unpaired) electrons. The van der Waals surface area contributed by atoms with Crippen molar-refractivity contribution in [3.05, 3.63) is 64.0 Å². The summed E-state index contributed by atoms with van der Waals surface area (Å²) >= 11 is 1.50. The van der Waals surface area contributed by atoms with Crippen LogP contribution in [-0.4, -0.2) is 16.7 Å². The Balaban J connectivity index is 2.02. The molecule has 0 aliphatic carbocycles. The minimum absolute atomic E-state index is 0.0280. The van der Waals surface area contributed by atoms with E-state index in [2.05, 4.69) is 12.1 Å². The van der Waals surface area contributed by atoms with Gasteiger partial charge in [-0.25, -0.2) is 0 Å². The minimum atomic E-state index is -1.32. The van der Waals surface area contributed by atoms with Crippen molar-refractivity contribution in [2.75, 3.05) is 0 Å². The van der Waals surface area contributed by atoms with Gasteiger partial charge >= 0.3 is 0 Å². The van der Waals surface area contributed by atoms with Gasteiger partial charge in [-0.1, -0.05) is 30.3 Å². The van der Waals surface area contributed by atoms with Gasteiger partial charge in [0.1, 0.15) is 0 Å². The number of hydrogen-bond acceptors (Lipinski definition) is 5. The lowest BCUT2D eigenvalue weighted by molar-refractivity contribution is -0.121. The predicted molar refractivity (Wildman–Crippen MR) is 95.2 cm³/mol. The van der Waals surface area contributed by atoms with Gasteiger partial charge in [0, 0.05) is 11.1 Å². The Morgan fingerprint density at radius 2 is 1.96 bits per heavy atom. The Labute approximate surface area is 150 Å². The lowest BCUT2D eigenvalue weighted by atomic mass is 9.70. The van der Waals surface area contributed by atoms with E-state index >= 15 is 0 Å². The van der Waals surface area contributed by atoms with E-state index in [1.807, 2.05) is 59.0 Å². The fraction of sp³-hybridized carbons (Fsp3) is 0.250. The summed E-state index contributed by atoms with van der Waals surface area (Å²) in [4.78, 5) is 15.4. The van der Waals surface area contributed by atoms with Crippen LogP contribution in [0.1, 0.15) is 34.9 Å². The van der Waals surface area contributed by atoms with E-state index in [0.717, 1.165) is 16.0 Å². The number of hydrogen-bond donors (Lipinski definition) is 0. The maximum absolute atomic E-state index is 12.5. The number of nitriles is 2. The number of carbonyl (C=O) groups excluding carboxylic acids is 1. The third-order valence-electron chi connectivity index (χ3n) is 5.21. The second-order valence-electron chi connectivity index (χ2n) is 6.44. The number of ketones is 1. The summed E-state index contributed by atoms with van der Waals surface area (Å²) in [5.74, 6) is -0.499. The van der Waals surface area contributed by atoms with Gasteiger partial charge in [-0.2, -0.15) is 10.5 Å². The molecule has 2 aromatic rings. The molecule has 1 aromatic heterocycles. The molecule has 4 nitrogen and oxygen atoms in total. The highest BCUT2D eigenvalue weighted by Gasteiger charge is 2.63. The first-order valence-electron chi connectivity index (χ1n) is 8.05. The van der Waals surface area contributed by atoms with Crippen LogP contribution in [0, 0.1) is 28.1 Å². The molecule has 3 heterocycles. The zero-order valence-corrected chi connectivity index (χ0v) is 14.4. The van der Waals surface area contributed by atoms with E-state index in [-0.39, 0.29) is 5.78 Å². The van der Waals surface area contributed by atoms with E-state index in [1.54, 1.807) is 6.92 Å². The van der Waals surface area contributed by atoms with Crippen molar-refractivity contribution in [1.82, 2.24) is 4.90 Å². The molecule has 1 fully saturated rings. The first kappa shape index (κ1) is 15.6. The molecular weight excluding hydrogens is 330 g/mol. The molecule has 1 saturated heterocycles. The third-order valence-corrected chi connectivity index (χ3v) is 6.17. The molecule has 4 rings (SSSR count). The fourth-order valence-corrected chi connectivity index (χ4v) is 5.16. The van der Waals surface area contributed by atoms with E-state index in [4.69, 9.17) is 0 Å². The van der Waals surface area contributed by atoms with Crippen molar-refractivity contribution in [1.29, 1.82) is 10.5 Å². The standard InChI is InChI=1S/C20H15N3OS/c1-13(24)18-17(16-7-4-10-25-16)20(11-21,12-22)19-15-6-3-2-5-14(15)8-9-23(18)19/h2-10,17-19H,1H3/t17-,18-,19-/m1/s1. The van der Waals surface area contributed by atoms with Gasteiger partial charge in [-0.3, -0.25) is 4.79 Å². The zero-order valence-electron chi connectivity index (χ0n) is 13.6. The smallest absolute Gasteiger partial charge is 0.178 e. The maximum atomic E-state index is 12.5. The number of nitrogens with zero attached hydrogens (tertiary/aromatic N) is 3. The number of rotatable bonds is 2. The lowest BCUT2D eigenvalue weighted by Crippen LogP contribution is -2.36. The van der Waals surface area contributed by atoms with E-state index in [0.29, 0.717) is 0 Å². The van der Waals surface area contributed by atoms with Crippen LogP contribution in [0.15, 0.2) is 48.0 Å². The van der Waals surface area contributed by atoms with Gasteiger partial charge < -0.3 is 4.90 Å². The molecule has 0 amide bonds. The first-order chi connectivity index (χ1) is 12.1. The van der Waals surface area contributed by atoms with Crippen LogP contribution in [0.5, 0.6) is 0 Å². The monoisotopic (exact) mass is 345 g/mol. The highest BCUT2D eigenvalue weighted by atomic mass is 32.1. The molecular formula is C20H15N3OS. The van der Waals surface area contributed by atoms with Crippen LogP contribution in [-0.2, 0) is 4.79 Å². The number of benzene rings is 1. The highest BCUT2D eigenvalue weighted by molar-refractivity contribution is 7.10. The summed E-state index contributed by atoms with van der Waals surface area (Å²) in [6.45, 7) is 1.54. The number of Topliss-reactive ketones (excluding diaryl/α,β-unsaturated/α-hetero) is 1. The number of carbonyl (C=O) groups is 1. The molecule has 0 N–H and O–H groups in total. The molecule has 3 atom stereocenters. The zero-order chi connectivity index (χ0) is 17.6. The summed E-state index contributed by atoms with van der Waals surface area (Å²) in [6, 6.07) is 15.2. The van der Waals surface area contributed by atoms with Gasteiger partial charge in [0.25, 0.3) is 0 Å². The van der Waals surface area contributed by atoms with E-state index in [1.165, 1.54) is 11.3 Å². The first-order valence-corrected chi connectivity index (χ1v) is 8.93. The Kier molecular flexibility index (Phi) is 3.49. The normalized spacial score (nSPS) is 25.6. The highest BCUT2D eigenvalue weighted by Crippen LogP contribution is 2.60. The second kappa shape index (κ2) is 5.58. The van der Waals surface area contributed by atoms with Crippen molar-refractivity contribution in [2.24, 2.45) is 5.41 Å². The predicted octanol–water partition coefficient (Wildman–Crippen LogP) is 3.86. The van der Waals surface area contributed by atoms with Gasteiger partial charge in [0.15, 0.2) is 11.2 Å². The summed E-state index contributed by atoms with van der Waals surface area (Å²) < 4.78 is 0. The summed E-state index contributed by atoms with van der Waals surface area (Å²) in [5, 5.41) is 22.2. The number of fused-ring (bicyclic) bond motifs is 3. The molecule has 2 aliphatic rings. The van der Waals surface area contributed by atoms with Crippen LogP contribution >= 0.6 is 11.3 Å². The third kappa shape index (κ3) is 2.00. The Hall–Kier alpha value is -2.89. The molecule has 0 bridgehead atoms. The molecule has 122 valence electrons. The fourth-order valence-electron chi connectivity index (χ4n) is 4.23. The van der Waals surface area contributed by atoms with Crippen molar-refractivity contribution in [2.45, 2.75) is 24.9 Å². The average Bonchev–Trinajstić information content (AvgIpc) is 3.25. The molecule has 2 aliphatic heterocycles. The molecule has 0 spiro atoms. The Morgan fingerprint density at radius 3 is 2.60 bits per heavy atom. The van der Waals surface area contributed by atoms with Crippen LogP contribution in [0.2, 0.25) is 0 Å². The average molecular weight is 345 g/mol. The van der Waals surface area contributed by atoms with Crippen LogP contribution < -0.4 is 0 Å². The minimum Gasteiger partial charge on any atom is -0.357 e. The Bertz CT molecular complexity index is 934. The SMILES string of the molecule is CC(=O)[C@@H]1[C@@H](c2cccs2)C(C#N)(C#N)[C@H]2c3ccccc3C=CN12. The topological polar surface area (TPSA) is 67.9 Å². The van der Waals surface area contributed by atoms with Crippen LogP contribution in [0.25, 0.3) is 6.08 Å². The van der Waals surface area contributed by atoms with E-state index < -0.39 is 23.4 Å². The Morgan fingerprint density at radius 1 is 1.20 bits per heavy atom.